The normalized spacial score (nSPS) is 14.2. The minimum absolute atomic E-state index is 0.0430. The Labute approximate surface area is 184 Å². The maximum Gasteiger partial charge on any atom is 0.326 e. The number of aliphatic hydroxyl groups excluding tert-OH is 1. The third-order valence-electron chi connectivity index (χ3n) is 4.10. The van der Waals surface area contributed by atoms with Gasteiger partial charge in [-0.25, -0.2) is 4.79 Å². The standard InChI is InChI=1S/C17H32N8O7/c1-8(26)13(25-14(29)9(18)4-5-11(19)27)15(30)23-7-12(28)24-10(16(31)32)3-2-6-22-17(20)21/h8-10,13,26H,2-7,18H2,1H3,(H2,19,27)(H,23,30)(H,24,28)(H,25,29)(H,31,32)(H4,20,21,22). The fourth-order valence-corrected chi connectivity index (χ4v) is 2.38. The van der Waals surface area contributed by atoms with Crippen molar-refractivity contribution in [2.24, 2.45) is 27.9 Å². The van der Waals surface area contributed by atoms with Gasteiger partial charge in [-0.3, -0.25) is 24.2 Å². The summed E-state index contributed by atoms with van der Waals surface area (Å²) in [5.41, 5.74) is 20.9. The van der Waals surface area contributed by atoms with Gasteiger partial charge in [-0.15, -0.1) is 0 Å². The van der Waals surface area contributed by atoms with Crippen LogP contribution in [0.3, 0.4) is 0 Å². The van der Waals surface area contributed by atoms with Crippen LogP contribution < -0.4 is 38.9 Å². The lowest BCUT2D eigenvalue weighted by atomic mass is 10.1. The molecule has 0 aromatic carbocycles. The molecule has 15 nitrogen and oxygen atoms in total. The third kappa shape index (κ3) is 12.3. The Bertz CT molecular complexity index is 709. The van der Waals surface area contributed by atoms with E-state index in [4.69, 9.17) is 22.9 Å². The Balaban J connectivity index is 4.72. The summed E-state index contributed by atoms with van der Waals surface area (Å²) >= 11 is 0. The van der Waals surface area contributed by atoms with Gasteiger partial charge >= 0.3 is 5.97 Å². The first kappa shape index (κ1) is 28.5. The van der Waals surface area contributed by atoms with E-state index >= 15 is 0 Å². The molecule has 15 heteroatoms. The first-order chi connectivity index (χ1) is 14.8. The number of nitrogens with two attached hydrogens (primary N) is 4. The zero-order chi connectivity index (χ0) is 24.8. The van der Waals surface area contributed by atoms with E-state index in [-0.39, 0.29) is 38.2 Å². The molecule has 13 N–H and O–H groups in total. The first-order valence-electron chi connectivity index (χ1n) is 9.72. The van der Waals surface area contributed by atoms with Gasteiger partial charge in [-0.05, 0) is 26.2 Å². The number of carbonyl (C=O) groups is 5. The van der Waals surface area contributed by atoms with Crippen LogP contribution in [0.5, 0.6) is 0 Å². The summed E-state index contributed by atoms with van der Waals surface area (Å²) < 4.78 is 0. The fraction of sp³-hybridized carbons (Fsp3) is 0.647. The van der Waals surface area contributed by atoms with Gasteiger partial charge < -0.3 is 49.1 Å². The van der Waals surface area contributed by atoms with Crippen LogP contribution in [-0.2, 0) is 24.0 Å². The number of hydrogen-bond donors (Lipinski definition) is 9. The van der Waals surface area contributed by atoms with Crippen molar-refractivity contribution in [1.29, 1.82) is 0 Å². The molecule has 0 aromatic rings. The van der Waals surface area contributed by atoms with E-state index in [1.54, 1.807) is 0 Å². The monoisotopic (exact) mass is 460 g/mol. The number of guanidine groups is 1. The molecule has 0 bridgehead atoms. The van der Waals surface area contributed by atoms with Crippen LogP contribution in [0.15, 0.2) is 4.99 Å². The lowest BCUT2D eigenvalue weighted by molar-refractivity contribution is -0.142. The number of primary amides is 1. The van der Waals surface area contributed by atoms with Crippen LogP contribution in [0.25, 0.3) is 0 Å². The molecule has 0 spiro atoms. The van der Waals surface area contributed by atoms with Crippen LogP contribution in [0.4, 0.5) is 0 Å². The maximum atomic E-state index is 12.3. The topological polar surface area (TPSA) is 278 Å². The van der Waals surface area contributed by atoms with Crippen LogP contribution >= 0.6 is 0 Å². The smallest absolute Gasteiger partial charge is 0.326 e. The van der Waals surface area contributed by atoms with E-state index in [0.29, 0.717) is 0 Å². The van der Waals surface area contributed by atoms with Gasteiger partial charge in [-0.1, -0.05) is 0 Å². The van der Waals surface area contributed by atoms with Crippen molar-refractivity contribution in [1.82, 2.24) is 16.0 Å². The van der Waals surface area contributed by atoms with Crippen molar-refractivity contribution in [3.05, 3.63) is 0 Å². The minimum Gasteiger partial charge on any atom is -0.480 e. The van der Waals surface area contributed by atoms with Crippen LogP contribution in [-0.4, -0.2) is 83.1 Å². The fourth-order valence-electron chi connectivity index (χ4n) is 2.38. The number of nitrogens with zero attached hydrogens (tertiary/aromatic N) is 1. The van der Waals surface area contributed by atoms with Gasteiger partial charge in [0.1, 0.15) is 12.1 Å². The molecule has 4 unspecified atom stereocenters. The number of aliphatic carboxylic acids is 1. The predicted molar refractivity (Wildman–Crippen MR) is 113 cm³/mol. The predicted octanol–water partition coefficient (Wildman–Crippen LogP) is -4.82. The second-order valence-corrected chi connectivity index (χ2v) is 6.96. The number of amides is 4. The third-order valence-corrected chi connectivity index (χ3v) is 4.10. The zero-order valence-corrected chi connectivity index (χ0v) is 17.7. The number of carbonyl (C=O) groups excluding carboxylic acids is 4. The van der Waals surface area contributed by atoms with Gasteiger partial charge in [0.25, 0.3) is 0 Å². The summed E-state index contributed by atoms with van der Waals surface area (Å²) in [6, 6.07) is -3.82. The van der Waals surface area contributed by atoms with E-state index < -0.39 is 60.4 Å². The second kappa shape index (κ2) is 14.5. The van der Waals surface area contributed by atoms with E-state index in [0.717, 1.165) is 0 Å². The quantitative estimate of drug-likeness (QED) is 0.0638. The lowest BCUT2D eigenvalue weighted by Gasteiger charge is -2.22. The molecule has 182 valence electrons. The van der Waals surface area contributed by atoms with Gasteiger partial charge in [0.15, 0.2) is 5.96 Å². The van der Waals surface area contributed by atoms with Crippen LogP contribution in [0.1, 0.15) is 32.6 Å². The van der Waals surface area contributed by atoms with Gasteiger partial charge in [0.2, 0.25) is 23.6 Å². The highest BCUT2D eigenvalue weighted by atomic mass is 16.4. The Morgan fingerprint density at radius 3 is 2.12 bits per heavy atom. The number of hydrogen-bond acceptors (Lipinski definition) is 8. The number of aliphatic hydroxyl groups is 1. The molecule has 0 radical (unpaired) electrons. The van der Waals surface area contributed by atoms with E-state index in [1.165, 1.54) is 6.92 Å². The van der Waals surface area contributed by atoms with Crippen molar-refractivity contribution >= 4 is 35.6 Å². The Morgan fingerprint density at radius 2 is 1.62 bits per heavy atom. The summed E-state index contributed by atoms with van der Waals surface area (Å²) in [5.74, 6) is -4.58. The molecule has 0 rings (SSSR count). The Kier molecular flexibility index (Phi) is 13.0. The van der Waals surface area contributed by atoms with Crippen molar-refractivity contribution in [2.75, 3.05) is 13.1 Å². The molecule has 4 atom stereocenters. The molecule has 0 saturated heterocycles. The molecule has 0 aliphatic rings. The van der Waals surface area contributed by atoms with Crippen molar-refractivity contribution in [3.8, 4) is 0 Å². The Hall–Kier alpha value is -3.46. The minimum atomic E-state index is -1.44. The molecule has 0 aliphatic carbocycles. The SMILES string of the molecule is CC(O)C(NC(=O)C(N)CCC(N)=O)C(=O)NCC(=O)NC(CCCN=C(N)N)C(=O)O. The van der Waals surface area contributed by atoms with E-state index in [2.05, 4.69) is 20.9 Å². The van der Waals surface area contributed by atoms with Gasteiger partial charge in [0, 0.05) is 13.0 Å². The highest BCUT2D eigenvalue weighted by Gasteiger charge is 2.28. The van der Waals surface area contributed by atoms with E-state index in [1.807, 2.05) is 0 Å². The lowest BCUT2D eigenvalue weighted by Crippen LogP contribution is -2.57. The van der Waals surface area contributed by atoms with E-state index in [9.17, 15) is 34.2 Å². The highest BCUT2D eigenvalue weighted by Crippen LogP contribution is 2.00. The van der Waals surface area contributed by atoms with Crippen LogP contribution in [0.2, 0.25) is 0 Å². The van der Waals surface area contributed by atoms with Gasteiger partial charge in [0.05, 0.1) is 18.7 Å². The molecule has 4 amide bonds. The Morgan fingerprint density at radius 1 is 1.00 bits per heavy atom. The number of aliphatic imine (C=N–C) groups is 1. The average Bonchev–Trinajstić information content (AvgIpc) is 2.69. The van der Waals surface area contributed by atoms with Crippen LogP contribution in [0, 0.1) is 0 Å². The van der Waals surface area contributed by atoms with Crippen molar-refractivity contribution in [3.63, 3.8) is 0 Å². The van der Waals surface area contributed by atoms with Crippen molar-refractivity contribution < 1.29 is 34.2 Å². The summed E-state index contributed by atoms with van der Waals surface area (Å²) in [4.78, 5) is 62.1. The average molecular weight is 460 g/mol. The molecule has 32 heavy (non-hydrogen) atoms. The summed E-state index contributed by atoms with van der Waals surface area (Å²) in [7, 11) is 0. The summed E-state index contributed by atoms with van der Waals surface area (Å²) in [6.45, 7) is 0.802. The molecule has 0 aliphatic heterocycles. The number of carboxylic acids is 1. The zero-order valence-electron chi connectivity index (χ0n) is 17.7. The molecule has 0 aromatic heterocycles. The molecular formula is C17H32N8O7. The first-order valence-corrected chi connectivity index (χ1v) is 9.72. The second-order valence-electron chi connectivity index (χ2n) is 6.96. The van der Waals surface area contributed by atoms with Crippen molar-refractivity contribution in [2.45, 2.75) is 56.8 Å². The highest BCUT2D eigenvalue weighted by molar-refractivity contribution is 5.93. The molecule has 0 saturated carbocycles. The van der Waals surface area contributed by atoms with Gasteiger partial charge in [-0.2, -0.15) is 0 Å². The molecule has 0 heterocycles. The number of carboxylic acid groups (broad SMARTS) is 1. The maximum absolute atomic E-state index is 12.3. The number of nitrogens with one attached hydrogen (secondary N) is 3. The molecular weight excluding hydrogens is 428 g/mol. The molecule has 0 fully saturated rings. The summed E-state index contributed by atoms with van der Waals surface area (Å²) in [5, 5.41) is 25.6. The largest absolute Gasteiger partial charge is 0.480 e. The number of rotatable bonds is 15. The summed E-state index contributed by atoms with van der Waals surface area (Å²) in [6.07, 6.45) is -1.21.